The molecule has 0 bridgehead atoms. The molecular formula is C21H19FN2O3S. The molecule has 0 saturated carbocycles. The molecule has 28 heavy (non-hydrogen) atoms. The number of hydrogen-bond acceptors (Lipinski definition) is 3. The topological polar surface area (TPSA) is 75.3 Å². The van der Waals surface area contributed by atoms with E-state index in [1.807, 2.05) is 6.92 Å². The third-order valence-corrected chi connectivity index (χ3v) is 5.53. The zero-order valence-corrected chi connectivity index (χ0v) is 16.0. The lowest BCUT2D eigenvalue weighted by Gasteiger charge is -2.10. The molecule has 5 nitrogen and oxygen atoms in total. The Morgan fingerprint density at radius 1 is 0.929 bits per heavy atom. The van der Waals surface area contributed by atoms with E-state index in [4.69, 9.17) is 0 Å². The molecule has 0 atom stereocenters. The number of halogens is 1. The Balaban J connectivity index is 1.65. The summed E-state index contributed by atoms with van der Waals surface area (Å²) in [6.07, 6.45) is 0. The van der Waals surface area contributed by atoms with Crippen molar-refractivity contribution in [3.05, 3.63) is 95.3 Å². The Kier molecular flexibility index (Phi) is 5.75. The van der Waals surface area contributed by atoms with Crippen molar-refractivity contribution in [2.24, 2.45) is 0 Å². The molecule has 0 heterocycles. The zero-order valence-electron chi connectivity index (χ0n) is 15.1. The summed E-state index contributed by atoms with van der Waals surface area (Å²) in [5, 5.41) is 2.64. The molecule has 0 saturated heterocycles. The van der Waals surface area contributed by atoms with Gasteiger partial charge in [-0.25, -0.2) is 12.8 Å². The van der Waals surface area contributed by atoms with Crippen molar-refractivity contribution in [1.29, 1.82) is 0 Å². The van der Waals surface area contributed by atoms with Gasteiger partial charge in [-0.05, 0) is 49.4 Å². The first-order valence-electron chi connectivity index (χ1n) is 8.56. The fraction of sp³-hybridized carbons (Fsp3) is 0.0952. The van der Waals surface area contributed by atoms with E-state index in [2.05, 4.69) is 10.0 Å². The van der Waals surface area contributed by atoms with Gasteiger partial charge in [0, 0.05) is 23.4 Å². The summed E-state index contributed by atoms with van der Waals surface area (Å²) < 4.78 is 40.9. The maximum Gasteiger partial charge on any atom is 0.261 e. The van der Waals surface area contributed by atoms with Crippen LogP contribution in [0.25, 0.3) is 0 Å². The van der Waals surface area contributed by atoms with E-state index in [0.717, 1.165) is 5.56 Å². The second-order valence-electron chi connectivity index (χ2n) is 6.27. The molecule has 1 amide bonds. The number of carbonyl (C=O) groups is 1. The lowest BCUT2D eigenvalue weighted by atomic mass is 10.1. The van der Waals surface area contributed by atoms with Gasteiger partial charge in [-0.2, -0.15) is 0 Å². The van der Waals surface area contributed by atoms with Crippen molar-refractivity contribution in [2.45, 2.75) is 18.4 Å². The second-order valence-corrected chi connectivity index (χ2v) is 7.95. The Bertz CT molecular complexity index is 1080. The number of anilines is 1. The molecule has 3 aromatic rings. The summed E-state index contributed by atoms with van der Waals surface area (Å²) in [6, 6.07) is 18.7. The van der Waals surface area contributed by atoms with Crippen molar-refractivity contribution in [1.82, 2.24) is 5.32 Å². The van der Waals surface area contributed by atoms with Crippen LogP contribution < -0.4 is 10.0 Å². The number of benzene rings is 3. The minimum Gasteiger partial charge on any atom is -0.348 e. The van der Waals surface area contributed by atoms with Crippen molar-refractivity contribution >= 4 is 21.6 Å². The summed E-state index contributed by atoms with van der Waals surface area (Å²) in [4.78, 5) is 12.4. The van der Waals surface area contributed by atoms with E-state index >= 15 is 0 Å². The van der Waals surface area contributed by atoms with E-state index in [1.54, 1.807) is 30.3 Å². The van der Waals surface area contributed by atoms with E-state index in [9.17, 15) is 17.6 Å². The first kappa shape index (κ1) is 19.6. The molecule has 0 spiro atoms. The van der Waals surface area contributed by atoms with Crippen LogP contribution in [0.3, 0.4) is 0 Å². The highest BCUT2D eigenvalue weighted by Crippen LogP contribution is 2.17. The third-order valence-electron chi connectivity index (χ3n) is 4.13. The smallest absolute Gasteiger partial charge is 0.261 e. The van der Waals surface area contributed by atoms with Crippen LogP contribution in [0.15, 0.2) is 77.7 Å². The average molecular weight is 398 g/mol. The highest BCUT2D eigenvalue weighted by atomic mass is 32.2. The van der Waals surface area contributed by atoms with Crippen LogP contribution in [0.5, 0.6) is 0 Å². The highest BCUT2D eigenvalue weighted by molar-refractivity contribution is 7.92. The summed E-state index contributed by atoms with van der Waals surface area (Å²) in [5.74, 6) is -0.764. The van der Waals surface area contributed by atoms with E-state index < -0.39 is 10.0 Å². The molecule has 3 rings (SSSR count). The maximum absolute atomic E-state index is 13.6. The fourth-order valence-corrected chi connectivity index (χ4v) is 3.60. The van der Waals surface area contributed by atoms with Crippen molar-refractivity contribution < 1.29 is 17.6 Å². The molecule has 0 aromatic heterocycles. The Morgan fingerprint density at radius 2 is 1.57 bits per heavy atom. The summed E-state index contributed by atoms with van der Waals surface area (Å²) in [5.41, 5.74) is 2.03. The van der Waals surface area contributed by atoms with Crippen LogP contribution in [0.1, 0.15) is 21.5 Å². The predicted octanol–water partition coefficient (Wildman–Crippen LogP) is 3.86. The minimum atomic E-state index is -3.71. The number of carbonyl (C=O) groups excluding carboxylic acids is 1. The van der Waals surface area contributed by atoms with Gasteiger partial charge >= 0.3 is 0 Å². The van der Waals surface area contributed by atoms with Crippen molar-refractivity contribution in [3.63, 3.8) is 0 Å². The predicted molar refractivity (Wildman–Crippen MR) is 106 cm³/mol. The highest BCUT2D eigenvalue weighted by Gasteiger charge is 2.14. The Morgan fingerprint density at radius 3 is 2.21 bits per heavy atom. The van der Waals surface area contributed by atoms with E-state index in [0.29, 0.717) is 16.8 Å². The van der Waals surface area contributed by atoms with Crippen LogP contribution in [-0.2, 0) is 16.6 Å². The molecule has 7 heteroatoms. The summed E-state index contributed by atoms with van der Waals surface area (Å²) in [7, 11) is -3.71. The largest absolute Gasteiger partial charge is 0.348 e. The van der Waals surface area contributed by atoms with Gasteiger partial charge < -0.3 is 5.32 Å². The normalized spacial score (nSPS) is 11.1. The van der Waals surface area contributed by atoms with E-state index in [1.165, 1.54) is 42.5 Å². The van der Waals surface area contributed by atoms with Gasteiger partial charge in [-0.15, -0.1) is 0 Å². The van der Waals surface area contributed by atoms with Gasteiger partial charge in [-0.3, -0.25) is 9.52 Å². The molecule has 2 N–H and O–H groups in total. The van der Waals surface area contributed by atoms with Crippen LogP contribution >= 0.6 is 0 Å². The van der Waals surface area contributed by atoms with Gasteiger partial charge in [0.15, 0.2) is 0 Å². The van der Waals surface area contributed by atoms with Gasteiger partial charge in [-0.1, -0.05) is 35.9 Å². The lowest BCUT2D eigenvalue weighted by molar-refractivity contribution is 0.0950. The molecule has 0 unspecified atom stereocenters. The molecular weight excluding hydrogens is 379 g/mol. The van der Waals surface area contributed by atoms with Crippen LogP contribution in [0, 0.1) is 12.7 Å². The minimum absolute atomic E-state index is 0.0628. The number of nitrogens with one attached hydrogen (secondary N) is 2. The van der Waals surface area contributed by atoms with Gasteiger partial charge in [0.2, 0.25) is 0 Å². The molecule has 3 aromatic carbocycles. The molecule has 0 radical (unpaired) electrons. The van der Waals surface area contributed by atoms with Crippen LogP contribution in [0.4, 0.5) is 10.1 Å². The zero-order chi connectivity index (χ0) is 20.1. The third kappa shape index (κ3) is 4.75. The summed E-state index contributed by atoms with van der Waals surface area (Å²) in [6.45, 7) is 1.94. The lowest BCUT2D eigenvalue weighted by Crippen LogP contribution is -2.23. The van der Waals surface area contributed by atoms with Crippen LogP contribution in [-0.4, -0.2) is 14.3 Å². The maximum atomic E-state index is 13.6. The quantitative estimate of drug-likeness (QED) is 0.662. The SMILES string of the molecule is Cc1ccc(S(=O)(=O)Nc2ccc(C(=O)NCc3ccccc3F)cc2)cc1. The molecule has 144 valence electrons. The fourth-order valence-electron chi connectivity index (χ4n) is 2.54. The first-order valence-corrected chi connectivity index (χ1v) is 10.0. The Hall–Kier alpha value is -3.19. The number of hydrogen-bond donors (Lipinski definition) is 2. The van der Waals surface area contributed by atoms with Crippen molar-refractivity contribution in [3.8, 4) is 0 Å². The van der Waals surface area contributed by atoms with Gasteiger partial charge in [0.05, 0.1) is 4.90 Å². The first-order chi connectivity index (χ1) is 13.3. The number of sulfonamides is 1. The molecule has 0 aliphatic heterocycles. The number of aryl methyl sites for hydroxylation is 1. The molecule has 0 aliphatic carbocycles. The average Bonchev–Trinajstić information content (AvgIpc) is 2.68. The van der Waals surface area contributed by atoms with Crippen LogP contribution in [0.2, 0.25) is 0 Å². The van der Waals surface area contributed by atoms with Gasteiger partial charge in [0.1, 0.15) is 5.82 Å². The summed E-state index contributed by atoms with van der Waals surface area (Å²) >= 11 is 0. The molecule has 0 fully saturated rings. The van der Waals surface area contributed by atoms with Gasteiger partial charge in [0.25, 0.3) is 15.9 Å². The second kappa shape index (κ2) is 8.22. The number of amides is 1. The molecule has 0 aliphatic rings. The standard InChI is InChI=1S/C21H19FN2O3S/c1-15-6-12-19(13-7-15)28(26,27)24-18-10-8-16(9-11-18)21(25)23-14-17-4-2-3-5-20(17)22/h2-13,24H,14H2,1H3,(H,23,25). The number of rotatable bonds is 6. The monoisotopic (exact) mass is 398 g/mol. The Labute approximate surface area is 163 Å². The van der Waals surface area contributed by atoms with E-state index in [-0.39, 0.29) is 23.2 Å². The van der Waals surface area contributed by atoms with Crippen molar-refractivity contribution in [2.75, 3.05) is 4.72 Å².